The number of aromatic nitrogens is 1. The number of anilines is 2. The molecular formula is C26H23ClFN7O4. The van der Waals surface area contributed by atoms with Gasteiger partial charge in [0.05, 0.1) is 16.3 Å². The van der Waals surface area contributed by atoms with Crippen LogP contribution in [0.1, 0.15) is 21.5 Å². The van der Waals surface area contributed by atoms with E-state index in [0.29, 0.717) is 11.3 Å². The average molecular weight is 552 g/mol. The van der Waals surface area contributed by atoms with Crippen LogP contribution in [-0.4, -0.2) is 47.0 Å². The molecule has 0 aliphatic heterocycles. The van der Waals surface area contributed by atoms with Gasteiger partial charge in [-0.05, 0) is 60.2 Å². The highest BCUT2D eigenvalue weighted by Crippen LogP contribution is 2.28. The van der Waals surface area contributed by atoms with Crippen molar-refractivity contribution in [3.05, 3.63) is 94.5 Å². The van der Waals surface area contributed by atoms with Crippen molar-refractivity contribution in [2.75, 3.05) is 10.3 Å². The third-order valence-electron chi connectivity index (χ3n) is 5.27. The van der Waals surface area contributed by atoms with Crippen molar-refractivity contribution in [2.45, 2.75) is 12.5 Å². The maximum Gasteiger partial charge on any atom is 0.335 e. The Morgan fingerprint density at radius 2 is 1.85 bits per heavy atom. The number of benzene rings is 2. The maximum absolute atomic E-state index is 14.8. The molecular weight excluding hydrogens is 529 g/mol. The Morgan fingerprint density at radius 3 is 2.49 bits per heavy atom. The van der Waals surface area contributed by atoms with Gasteiger partial charge in [0.15, 0.2) is 5.82 Å². The predicted molar refractivity (Wildman–Crippen MR) is 147 cm³/mol. The van der Waals surface area contributed by atoms with E-state index in [0.717, 1.165) is 23.5 Å². The first-order chi connectivity index (χ1) is 18.7. The van der Waals surface area contributed by atoms with Gasteiger partial charge in [0.2, 0.25) is 11.8 Å². The molecule has 5 N–H and O–H groups in total. The number of carboxylic acids is 1. The van der Waals surface area contributed by atoms with Crippen LogP contribution in [0, 0.1) is 5.82 Å². The highest BCUT2D eigenvalue weighted by atomic mass is 35.5. The number of amides is 2. The summed E-state index contributed by atoms with van der Waals surface area (Å²) in [6.07, 6.45) is 6.48. The Bertz CT molecular complexity index is 1420. The lowest BCUT2D eigenvalue weighted by Crippen LogP contribution is -2.44. The molecule has 0 aliphatic rings. The Hall–Kier alpha value is -4.94. The summed E-state index contributed by atoms with van der Waals surface area (Å²) < 4.78 is 14.8. The monoisotopic (exact) mass is 551 g/mol. The van der Waals surface area contributed by atoms with Crippen LogP contribution in [0.5, 0.6) is 0 Å². The van der Waals surface area contributed by atoms with E-state index in [-0.39, 0.29) is 28.3 Å². The van der Waals surface area contributed by atoms with Crippen LogP contribution in [-0.2, 0) is 16.0 Å². The van der Waals surface area contributed by atoms with Gasteiger partial charge < -0.3 is 15.7 Å². The fourth-order valence-corrected chi connectivity index (χ4v) is 3.53. The average Bonchev–Trinajstić information content (AvgIpc) is 2.93. The van der Waals surface area contributed by atoms with Crippen LogP contribution in [0.2, 0.25) is 5.02 Å². The molecule has 2 aromatic carbocycles. The van der Waals surface area contributed by atoms with Gasteiger partial charge in [0.25, 0.3) is 0 Å². The highest BCUT2D eigenvalue weighted by molar-refractivity contribution is 6.31. The normalized spacial score (nSPS) is 11.8. The van der Waals surface area contributed by atoms with Crippen molar-refractivity contribution in [3.8, 4) is 0 Å². The molecule has 11 nitrogen and oxygen atoms in total. The summed E-state index contributed by atoms with van der Waals surface area (Å²) in [5.74, 6) is 2.67. The quantitative estimate of drug-likeness (QED) is 0.0934. The number of nitrogens with two attached hydrogens (primary N) is 1. The van der Waals surface area contributed by atoms with Gasteiger partial charge in [-0.25, -0.2) is 15.0 Å². The van der Waals surface area contributed by atoms with E-state index in [1.54, 1.807) is 24.5 Å². The Morgan fingerprint density at radius 1 is 1.15 bits per heavy atom. The molecule has 1 atom stereocenters. The molecule has 39 heavy (non-hydrogen) atoms. The van der Waals surface area contributed by atoms with Gasteiger partial charge in [0.1, 0.15) is 12.4 Å². The third-order valence-corrected chi connectivity index (χ3v) is 5.56. The van der Waals surface area contributed by atoms with Crippen LogP contribution >= 0.6 is 11.6 Å². The van der Waals surface area contributed by atoms with E-state index >= 15 is 0 Å². The standard InChI is InChI=1S/C26H23ClFN7O4/c1-30-32-15-35(29)22-8-7-20(27)24(28)19(22)6-9-23(36)34-21(14-16-10-12-31-13-11-16)25(37)33-18-4-2-17(3-5-18)26(38)39/h2-13,15,21H,1,14,29H2,(H,33,37)(H,34,36)(H,38,39)/b9-6+,32-15-/t21-/m0/s1. The minimum Gasteiger partial charge on any atom is -0.478 e. The number of hydrogen-bond donors (Lipinski definition) is 4. The molecule has 0 spiro atoms. The summed E-state index contributed by atoms with van der Waals surface area (Å²) in [5.41, 5.74) is 1.12. The number of carbonyl (C=O) groups is 3. The lowest BCUT2D eigenvalue weighted by Gasteiger charge is -2.18. The van der Waals surface area contributed by atoms with Crippen LogP contribution in [0.15, 0.2) is 77.2 Å². The van der Waals surface area contributed by atoms with Gasteiger partial charge in [-0.2, -0.15) is 5.10 Å². The molecule has 3 aromatic rings. The maximum atomic E-state index is 14.8. The number of hydrazine groups is 1. The van der Waals surface area contributed by atoms with Crippen molar-refractivity contribution in [3.63, 3.8) is 0 Å². The lowest BCUT2D eigenvalue weighted by atomic mass is 10.1. The summed E-state index contributed by atoms with van der Waals surface area (Å²) in [5, 5.41) is 21.9. The van der Waals surface area contributed by atoms with Crippen molar-refractivity contribution < 1.29 is 23.9 Å². The van der Waals surface area contributed by atoms with E-state index in [1.807, 2.05) is 0 Å². The van der Waals surface area contributed by atoms with E-state index in [1.165, 1.54) is 36.4 Å². The molecule has 0 unspecified atom stereocenters. The molecule has 0 saturated carbocycles. The molecule has 200 valence electrons. The summed E-state index contributed by atoms with van der Waals surface area (Å²) in [6.45, 7) is 3.20. The molecule has 1 heterocycles. The first-order valence-electron chi connectivity index (χ1n) is 11.2. The van der Waals surface area contributed by atoms with Crippen molar-refractivity contribution in [1.29, 1.82) is 0 Å². The number of aromatic carboxylic acids is 1. The molecule has 2 amide bonds. The van der Waals surface area contributed by atoms with Crippen LogP contribution in [0.25, 0.3) is 6.08 Å². The zero-order chi connectivity index (χ0) is 28.4. The zero-order valence-electron chi connectivity index (χ0n) is 20.3. The Kier molecular flexibility index (Phi) is 9.95. The smallest absolute Gasteiger partial charge is 0.335 e. The van der Waals surface area contributed by atoms with Crippen LogP contribution < -0.4 is 21.5 Å². The Labute approximate surface area is 227 Å². The zero-order valence-corrected chi connectivity index (χ0v) is 21.0. The molecule has 0 radical (unpaired) electrons. The summed E-state index contributed by atoms with van der Waals surface area (Å²) in [6, 6.07) is 10.6. The molecule has 0 bridgehead atoms. The summed E-state index contributed by atoms with van der Waals surface area (Å²) >= 11 is 5.91. The van der Waals surface area contributed by atoms with Gasteiger partial charge in [-0.15, -0.1) is 5.10 Å². The first kappa shape index (κ1) is 28.6. The number of carbonyl (C=O) groups excluding carboxylic acids is 2. The second-order valence-electron chi connectivity index (χ2n) is 7.90. The van der Waals surface area contributed by atoms with Crippen LogP contribution in [0.4, 0.5) is 15.8 Å². The summed E-state index contributed by atoms with van der Waals surface area (Å²) in [4.78, 5) is 40.9. The number of pyridine rings is 1. The van der Waals surface area contributed by atoms with E-state index < -0.39 is 29.6 Å². The summed E-state index contributed by atoms with van der Waals surface area (Å²) in [7, 11) is 0. The minimum atomic E-state index is -1.11. The van der Waals surface area contributed by atoms with Gasteiger partial charge in [-0.1, -0.05) is 11.6 Å². The van der Waals surface area contributed by atoms with Gasteiger partial charge in [-0.3, -0.25) is 19.6 Å². The van der Waals surface area contributed by atoms with E-state index in [2.05, 4.69) is 32.5 Å². The van der Waals surface area contributed by atoms with Crippen LogP contribution in [0.3, 0.4) is 0 Å². The van der Waals surface area contributed by atoms with Gasteiger partial charge in [0, 0.05) is 42.9 Å². The predicted octanol–water partition coefficient (Wildman–Crippen LogP) is 3.28. The van der Waals surface area contributed by atoms with E-state index in [9.17, 15) is 18.8 Å². The van der Waals surface area contributed by atoms with Crippen molar-refractivity contribution >= 4 is 59.9 Å². The molecule has 0 saturated heterocycles. The highest BCUT2D eigenvalue weighted by Gasteiger charge is 2.21. The number of nitrogens with zero attached hydrogens (tertiary/aromatic N) is 4. The van der Waals surface area contributed by atoms with Crippen molar-refractivity contribution in [1.82, 2.24) is 10.3 Å². The molecule has 0 fully saturated rings. The van der Waals surface area contributed by atoms with E-state index in [4.69, 9.17) is 22.6 Å². The largest absolute Gasteiger partial charge is 0.478 e. The molecule has 3 rings (SSSR count). The first-order valence-corrected chi connectivity index (χ1v) is 11.6. The minimum absolute atomic E-state index is 0.0514. The molecule has 13 heteroatoms. The van der Waals surface area contributed by atoms with Crippen molar-refractivity contribution in [2.24, 2.45) is 16.0 Å². The Balaban J connectivity index is 1.83. The number of hydrogen-bond acceptors (Lipinski definition) is 7. The third kappa shape index (κ3) is 8.02. The SMILES string of the molecule is C=N/N=C\N(N)c1ccc(Cl)c(F)c1/C=C/C(=O)N[C@@H](Cc1ccncc1)C(=O)Nc1ccc(C(=O)O)cc1. The molecule has 1 aromatic heterocycles. The number of rotatable bonds is 11. The number of carboxylic acid groups (broad SMARTS) is 1. The second kappa shape index (κ2) is 13.6. The topological polar surface area (TPSA) is 162 Å². The number of halogens is 2. The van der Waals surface area contributed by atoms with Gasteiger partial charge >= 0.3 is 5.97 Å². The number of nitrogens with one attached hydrogen (secondary N) is 2. The second-order valence-corrected chi connectivity index (χ2v) is 8.31. The lowest BCUT2D eigenvalue weighted by molar-refractivity contribution is -0.123. The fourth-order valence-electron chi connectivity index (χ4n) is 3.36. The fraction of sp³-hybridized carbons (Fsp3) is 0.0769. The molecule has 0 aliphatic carbocycles.